The van der Waals surface area contributed by atoms with Crippen LogP contribution in [0.2, 0.25) is 5.02 Å². The van der Waals surface area contributed by atoms with Crippen LogP contribution in [0.1, 0.15) is 12.8 Å². The Morgan fingerprint density at radius 1 is 1.44 bits per heavy atom. The molecule has 0 aliphatic carbocycles. The van der Waals surface area contributed by atoms with E-state index in [1.54, 1.807) is 6.07 Å². The molecule has 1 rings (SSSR count). The SMILES string of the molecule is O=C(O)CCCS(=O)(=O)Nc1ccc(Cl)c(Br)c1. The van der Waals surface area contributed by atoms with Crippen LogP contribution in [0.3, 0.4) is 0 Å². The lowest BCUT2D eigenvalue weighted by Gasteiger charge is -2.08. The predicted octanol–water partition coefficient (Wildman–Crippen LogP) is 2.71. The number of carbonyl (C=O) groups is 1. The number of aliphatic carboxylic acids is 1. The molecule has 0 saturated carbocycles. The van der Waals surface area contributed by atoms with E-state index in [0.29, 0.717) is 15.2 Å². The maximum absolute atomic E-state index is 11.6. The van der Waals surface area contributed by atoms with Crippen LogP contribution < -0.4 is 4.72 Å². The van der Waals surface area contributed by atoms with E-state index in [-0.39, 0.29) is 18.6 Å². The van der Waals surface area contributed by atoms with Gasteiger partial charge in [0.05, 0.1) is 10.8 Å². The van der Waals surface area contributed by atoms with Crippen LogP contribution in [0.25, 0.3) is 0 Å². The van der Waals surface area contributed by atoms with Crippen molar-refractivity contribution in [1.29, 1.82) is 0 Å². The summed E-state index contributed by atoms with van der Waals surface area (Å²) in [5.41, 5.74) is 0.376. The van der Waals surface area contributed by atoms with Crippen LogP contribution in [0.4, 0.5) is 5.69 Å². The van der Waals surface area contributed by atoms with Gasteiger partial charge in [0, 0.05) is 16.6 Å². The fourth-order valence-electron chi connectivity index (χ4n) is 1.20. The number of rotatable bonds is 6. The molecular weight excluding hydrogens is 346 g/mol. The second-order valence-electron chi connectivity index (χ2n) is 3.55. The topological polar surface area (TPSA) is 83.5 Å². The van der Waals surface area contributed by atoms with Gasteiger partial charge in [-0.05, 0) is 40.5 Å². The minimum absolute atomic E-state index is 0.0689. The van der Waals surface area contributed by atoms with Crippen molar-refractivity contribution in [3.05, 3.63) is 27.7 Å². The third-order valence-corrected chi connectivity index (χ3v) is 4.58. The molecule has 0 aromatic heterocycles. The first kappa shape index (κ1) is 15.3. The highest BCUT2D eigenvalue weighted by atomic mass is 79.9. The molecular formula is C10H11BrClNO4S. The molecule has 0 atom stereocenters. The number of benzene rings is 1. The molecule has 5 nitrogen and oxygen atoms in total. The molecule has 18 heavy (non-hydrogen) atoms. The average molecular weight is 357 g/mol. The summed E-state index contributed by atoms with van der Waals surface area (Å²) in [6.45, 7) is 0. The van der Waals surface area contributed by atoms with Gasteiger partial charge in [0.1, 0.15) is 0 Å². The highest BCUT2D eigenvalue weighted by Gasteiger charge is 2.12. The maximum atomic E-state index is 11.6. The predicted molar refractivity (Wildman–Crippen MR) is 73.4 cm³/mol. The molecule has 0 aliphatic rings. The van der Waals surface area contributed by atoms with Gasteiger partial charge >= 0.3 is 5.97 Å². The zero-order valence-electron chi connectivity index (χ0n) is 9.19. The minimum Gasteiger partial charge on any atom is -0.481 e. The number of nitrogens with one attached hydrogen (secondary N) is 1. The van der Waals surface area contributed by atoms with E-state index in [4.69, 9.17) is 16.7 Å². The van der Waals surface area contributed by atoms with Crippen molar-refractivity contribution in [2.75, 3.05) is 10.5 Å². The van der Waals surface area contributed by atoms with E-state index in [1.165, 1.54) is 12.1 Å². The van der Waals surface area contributed by atoms with Crippen LogP contribution in [-0.2, 0) is 14.8 Å². The maximum Gasteiger partial charge on any atom is 0.303 e. The van der Waals surface area contributed by atoms with E-state index in [1.807, 2.05) is 0 Å². The Hall–Kier alpha value is -0.790. The molecule has 0 saturated heterocycles. The smallest absolute Gasteiger partial charge is 0.303 e. The van der Waals surface area contributed by atoms with Gasteiger partial charge in [0.2, 0.25) is 10.0 Å². The Bertz CT molecular complexity index is 547. The van der Waals surface area contributed by atoms with Crippen LogP contribution in [-0.4, -0.2) is 25.2 Å². The number of hydrogen-bond acceptors (Lipinski definition) is 3. The number of halogens is 2. The van der Waals surface area contributed by atoms with Crippen molar-refractivity contribution >= 4 is 49.2 Å². The number of carboxylic acid groups (broad SMARTS) is 1. The summed E-state index contributed by atoms with van der Waals surface area (Å²) < 4.78 is 26.2. The first-order valence-corrected chi connectivity index (χ1v) is 7.80. The molecule has 1 aromatic carbocycles. The summed E-state index contributed by atoms with van der Waals surface area (Å²) in [4.78, 5) is 10.3. The van der Waals surface area contributed by atoms with E-state index in [9.17, 15) is 13.2 Å². The number of sulfonamides is 1. The van der Waals surface area contributed by atoms with Crippen LogP contribution in [0.5, 0.6) is 0 Å². The Kier molecular flexibility index (Phi) is 5.43. The first-order chi connectivity index (χ1) is 8.30. The minimum atomic E-state index is -3.54. The lowest BCUT2D eigenvalue weighted by molar-refractivity contribution is -0.137. The van der Waals surface area contributed by atoms with Gasteiger partial charge < -0.3 is 5.11 Å². The number of anilines is 1. The second kappa shape index (κ2) is 6.40. The first-order valence-electron chi connectivity index (χ1n) is 4.97. The number of carboxylic acids is 1. The fourth-order valence-corrected chi connectivity index (χ4v) is 2.81. The largest absolute Gasteiger partial charge is 0.481 e. The normalized spacial score (nSPS) is 11.2. The number of hydrogen-bond donors (Lipinski definition) is 2. The molecule has 0 radical (unpaired) electrons. The lowest BCUT2D eigenvalue weighted by atomic mass is 10.3. The van der Waals surface area contributed by atoms with Crippen molar-refractivity contribution in [1.82, 2.24) is 0 Å². The third-order valence-electron chi connectivity index (χ3n) is 2.00. The van der Waals surface area contributed by atoms with Crippen molar-refractivity contribution in [3.8, 4) is 0 Å². The van der Waals surface area contributed by atoms with E-state index in [0.717, 1.165) is 0 Å². The summed E-state index contributed by atoms with van der Waals surface area (Å²) in [5.74, 6) is -1.25. The standard InChI is InChI=1S/C10H11BrClNO4S/c11-8-6-7(3-4-9(8)12)13-18(16,17)5-1-2-10(14)15/h3-4,6,13H,1-2,5H2,(H,14,15). The van der Waals surface area contributed by atoms with Crippen LogP contribution >= 0.6 is 27.5 Å². The Morgan fingerprint density at radius 2 is 2.11 bits per heavy atom. The summed E-state index contributed by atoms with van der Waals surface area (Å²) in [6, 6.07) is 4.62. The summed E-state index contributed by atoms with van der Waals surface area (Å²) >= 11 is 8.96. The van der Waals surface area contributed by atoms with Gasteiger partial charge in [-0.15, -0.1) is 0 Å². The molecule has 0 aliphatic heterocycles. The Morgan fingerprint density at radius 3 is 2.67 bits per heavy atom. The van der Waals surface area contributed by atoms with Gasteiger partial charge in [0.15, 0.2) is 0 Å². The van der Waals surface area contributed by atoms with Crippen molar-refractivity contribution < 1.29 is 18.3 Å². The second-order valence-corrected chi connectivity index (χ2v) is 6.65. The fraction of sp³-hybridized carbons (Fsp3) is 0.300. The molecule has 0 unspecified atom stereocenters. The Balaban J connectivity index is 2.64. The highest BCUT2D eigenvalue weighted by Crippen LogP contribution is 2.26. The summed E-state index contributed by atoms with van der Waals surface area (Å²) in [7, 11) is -3.54. The van der Waals surface area contributed by atoms with Crippen molar-refractivity contribution in [3.63, 3.8) is 0 Å². The van der Waals surface area contributed by atoms with Gasteiger partial charge in [-0.2, -0.15) is 0 Å². The molecule has 0 bridgehead atoms. The van der Waals surface area contributed by atoms with E-state index < -0.39 is 16.0 Å². The molecule has 0 amide bonds. The van der Waals surface area contributed by atoms with Gasteiger partial charge in [0.25, 0.3) is 0 Å². The van der Waals surface area contributed by atoms with Crippen molar-refractivity contribution in [2.45, 2.75) is 12.8 Å². The Labute approximate surface area is 118 Å². The van der Waals surface area contributed by atoms with Crippen LogP contribution in [0, 0.1) is 0 Å². The highest BCUT2D eigenvalue weighted by molar-refractivity contribution is 9.10. The molecule has 8 heteroatoms. The molecule has 2 N–H and O–H groups in total. The molecule has 1 aromatic rings. The van der Waals surface area contributed by atoms with Gasteiger partial charge in [-0.1, -0.05) is 11.6 Å². The summed E-state index contributed by atoms with van der Waals surface area (Å²) in [5, 5.41) is 8.91. The quantitative estimate of drug-likeness (QED) is 0.821. The summed E-state index contributed by atoms with van der Waals surface area (Å²) in [6.07, 6.45) is -0.106. The van der Waals surface area contributed by atoms with Crippen molar-refractivity contribution in [2.24, 2.45) is 0 Å². The van der Waals surface area contributed by atoms with Gasteiger partial charge in [-0.25, -0.2) is 8.42 Å². The molecule has 100 valence electrons. The molecule has 0 spiro atoms. The molecule has 0 heterocycles. The zero-order valence-corrected chi connectivity index (χ0v) is 12.3. The van der Waals surface area contributed by atoms with Crippen LogP contribution in [0.15, 0.2) is 22.7 Å². The molecule has 0 fully saturated rings. The van der Waals surface area contributed by atoms with Gasteiger partial charge in [-0.3, -0.25) is 9.52 Å². The average Bonchev–Trinajstić information content (AvgIpc) is 2.22. The third kappa shape index (κ3) is 5.24. The van der Waals surface area contributed by atoms with E-state index in [2.05, 4.69) is 20.7 Å². The zero-order chi connectivity index (χ0) is 13.8. The monoisotopic (exact) mass is 355 g/mol. The van der Waals surface area contributed by atoms with E-state index >= 15 is 0 Å². The lowest BCUT2D eigenvalue weighted by Crippen LogP contribution is -2.17.